The van der Waals surface area contributed by atoms with Crippen molar-refractivity contribution in [1.82, 2.24) is 0 Å². The lowest BCUT2D eigenvalue weighted by molar-refractivity contribution is -0.255. The zero-order valence-electron chi connectivity index (χ0n) is 11.7. The van der Waals surface area contributed by atoms with Crippen molar-refractivity contribution in [2.75, 3.05) is 6.61 Å². The van der Waals surface area contributed by atoms with Gasteiger partial charge in [-0.1, -0.05) is 30.3 Å². The van der Waals surface area contributed by atoms with E-state index in [1.165, 1.54) is 0 Å². The summed E-state index contributed by atoms with van der Waals surface area (Å²) in [5.41, 5.74) is -2.11. The predicted octanol–water partition coefficient (Wildman–Crippen LogP) is 3.50. The van der Waals surface area contributed by atoms with E-state index < -0.39 is 20.3 Å². The van der Waals surface area contributed by atoms with Gasteiger partial charge < -0.3 is 8.85 Å². The van der Waals surface area contributed by atoms with Gasteiger partial charge >= 0.3 is 14.7 Å². The molecule has 1 aromatic rings. The minimum absolute atomic E-state index is 0.00877. The number of halogens is 3. The zero-order valence-corrected chi connectivity index (χ0v) is 12.7. The molecule has 0 radical (unpaired) electrons. The first-order valence-electron chi connectivity index (χ1n) is 6.79. The Morgan fingerprint density at radius 2 is 1.95 bits per heavy atom. The average molecular weight is 304 g/mol. The Balaban J connectivity index is 2.39. The monoisotopic (exact) mass is 304 g/mol. The average Bonchev–Trinajstić information content (AvgIpc) is 2.39. The van der Waals surface area contributed by atoms with E-state index in [0.717, 1.165) is 12.1 Å². The van der Waals surface area contributed by atoms with Crippen LogP contribution in [-0.4, -0.2) is 26.9 Å². The van der Waals surface area contributed by atoms with Crippen LogP contribution in [0.3, 0.4) is 0 Å². The Hall–Kier alpha value is -0.853. The van der Waals surface area contributed by atoms with Gasteiger partial charge in [0.1, 0.15) is 0 Å². The first kappa shape index (κ1) is 15.5. The Morgan fingerprint density at radius 3 is 2.50 bits per heavy atom. The summed E-state index contributed by atoms with van der Waals surface area (Å²) < 4.78 is 51.2. The normalized spacial score (nSPS) is 31.2. The van der Waals surface area contributed by atoms with Crippen LogP contribution in [-0.2, 0) is 8.85 Å². The number of rotatable bonds is 3. The molecule has 0 aliphatic carbocycles. The van der Waals surface area contributed by atoms with Crippen LogP contribution < -0.4 is 5.19 Å². The molecule has 0 aromatic heterocycles. The van der Waals surface area contributed by atoms with E-state index in [9.17, 15) is 13.2 Å². The van der Waals surface area contributed by atoms with Gasteiger partial charge in [0.05, 0.1) is 0 Å². The summed E-state index contributed by atoms with van der Waals surface area (Å²) in [6, 6.07) is 9.64. The molecule has 112 valence electrons. The maximum Gasteiger partial charge on any atom is 0.416 e. The highest BCUT2D eigenvalue weighted by molar-refractivity contribution is 6.81. The number of alkyl halides is 3. The summed E-state index contributed by atoms with van der Waals surface area (Å²) in [5.74, 6) is 0. The lowest BCUT2D eigenvalue weighted by Crippen LogP contribution is -2.64. The van der Waals surface area contributed by atoms with Crippen LogP contribution in [0.15, 0.2) is 30.3 Å². The Bertz CT molecular complexity index is 447. The molecule has 2 unspecified atom stereocenters. The summed E-state index contributed by atoms with van der Waals surface area (Å²) >= 11 is 0. The van der Waals surface area contributed by atoms with E-state index in [0.29, 0.717) is 19.1 Å². The van der Waals surface area contributed by atoms with Crippen molar-refractivity contribution in [2.45, 2.75) is 44.5 Å². The van der Waals surface area contributed by atoms with Crippen molar-refractivity contribution in [3.05, 3.63) is 30.3 Å². The minimum atomic E-state index is -4.38. The van der Waals surface area contributed by atoms with Gasteiger partial charge in [0.15, 0.2) is 5.60 Å². The van der Waals surface area contributed by atoms with Crippen LogP contribution in [0.2, 0.25) is 6.04 Å². The van der Waals surface area contributed by atoms with Crippen LogP contribution in [0, 0.1) is 0 Å². The lowest BCUT2D eigenvalue weighted by atomic mass is 10.0. The molecule has 2 atom stereocenters. The van der Waals surface area contributed by atoms with E-state index >= 15 is 0 Å². The molecule has 0 bridgehead atoms. The summed E-state index contributed by atoms with van der Waals surface area (Å²) in [6.07, 6.45) is -3.92. The molecule has 20 heavy (non-hydrogen) atoms. The summed E-state index contributed by atoms with van der Waals surface area (Å²) in [4.78, 5) is 0. The molecule has 0 spiro atoms. The molecule has 1 aliphatic heterocycles. The largest absolute Gasteiger partial charge is 0.416 e. The fourth-order valence-electron chi connectivity index (χ4n) is 2.64. The molecule has 1 aliphatic rings. The fraction of sp³-hybridized carbons (Fsp3) is 0.571. The molecule has 0 saturated carbocycles. The second-order valence-corrected chi connectivity index (χ2v) is 8.31. The first-order valence-corrected chi connectivity index (χ1v) is 8.82. The van der Waals surface area contributed by atoms with E-state index in [1.54, 1.807) is 6.92 Å². The van der Waals surface area contributed by atoms with Crippen LogP contribution in [0.5, 0.6) is 0 Å². The van der Waals surface area contributed by atoms with Crippen LogP contribution >= 0.6 is 0 Å². The third-order valence-electron chi connectivity index (χ3n) is 3.74. The third-order valence-corrected chi connectivity index (χ3v) is 7.50. The van der Waals surface area contributed by atoms with Crippen molar-refractivity contribution < 1.29 is 22.0 Å². The van der Waals surface area contributed by atoms with Crippen LogP contribution in [0.25, 0.3) is 0 Å². The highest BCUT2D eigenvalue weighted by atomic mass is 28.4. The number of benzene rings is 1. The van der Waals surface area contributed by atoms with Gasteiger partial charge in [-0.2, -0.15) is 13.2 Å². The van der Waals surface area contributed by atoms with Gasteiger partial charge in [-0.05, 0) is 37.9 Å². The molecular formula is C14H19F3O2Si. The van der Waals surface area contributed by atoms with Crippen molar-refractivity contribution in [1.29, 1.82) is 0 Å². The molecule has 2 rings (SSSR count). The van der Waals surface area contributed by atoms with E-state index in [-0.39, 0.29) is 6.42 Å². The molecule has 0 amide bonds. The van der Waals surface area contributed by atoms with Gasteiger partial charge in [0.25, 0.3) is 0 Å². The van der Waals surface area contributed by atoms with E-state index in [1.807, 2.05) is 30.3 Å². The predicted molar refractivity (Wildman–Crippen MR) is 73.0 cm³/mol. The van der Waals surface area contributed by atoms with Crippen molar-refractivity contribution in [3.8, 4) is 0 Å². The molecule has 6 heteroatoms. The first-order chi connectivity index (χ1) is 9.33. The molecule has 1 heterocycles. The molecular weight excluding hydrogens is 285 g/mol. The maximum atomic E-state index is 13.3. The van der Waals surface area contributed by atoms with Crippen LogP contribution in [0.1, 0.15) is 26.7 Å². The van der Waals surface area contributed by atoms with Crippen molar-refractivity contribution in [3.63, 3.8) is 0 Å². The van der Waals surface area contributed by atoms with Gasteiger partial charge in [-0.3, -0.25) is 0 Å². The number of hydrogen-bond donors (Lipinski definition) is 0. The minimum Gasteiger partial charge on any atom is -0.391 e. The van der Waals surface area contributed by atoms with Gasteiger partial charge in [0, 0.05) is 6.61 Å². The molecule has 1 saturated heterocycles. The van der Waals surface area contributed by atoms with E-state index in [4.69, 9.17) is 8.85 Å². The second-order valence-electron chi connectivity index (χ2n) is 5.24. The standard InChI is InChI=1S/C14H19F3O2Si/c1-3-18-20(12-8-5-4-6-9-12)11-7-10-13(2,19-20)14(15,16)17/h4-6,8-9H,3,7,10-11H2,1-2H3. The Kier molecular flexibility index (Phi) is 4.27. The molecule has 1 aromatic carbocycles. The second kappa shape index (κ2) is 5.50. The fourth-order valence-corrected chi connectivity index (χ4v) is 6.27. The van der Waals surface area contributed by atoms with Crippen LogP contribution in [0.4, 0.5) is 13.2 Å². The van der Waals surface area contributed by atoms with Gasteiger partial charge in [-0.15, -0.1) is 0 Å². The maximum absolute atomic E-state index is 13.3. The summed E-state index contributed by atoms with van der Waals surface area (Å²) in [6.45, 7) is 3.28. The summed E-state index contributed by atoms with van der Waals surface area (Å²) in [5, 5.41) is 0.775. The number of hydrogen-bond acceptors (Lipinski definition) is 2. The Morgan fingerprint density at radius 1 is 1.30 bits per heavy atom. The lowest BCUT2D eigenvalue weighted by Gasteiger charge is -2.45. The zero-order chi connectivity index (χ0) is 14.9. The highest BCUT2D eigenvalue weighted by Gasteiger charge is 2.60. The van der Waals surface area contributed by atoms with Crippen molar-refractivity contribution in [2.24, 2.45) is 0 Å². The SMILES string of the molecule is CCO[Si]1(c2ccccc2)CCCC(C)(C(F)(F)F)O1. The summed E-state index contributed by atoms with van der Waals surface area (Å²) in [7, 11) is -3.02. The molecule has 2 nitrogen and oxygen atoms in total. The molecule has 1 fully saturated rings. The van der Waals surface area contributed by atoms with Gasteiger partial charge in [-0.25, -0.2) is 0 Å². The van der Waals surface area contributed by atoms with E-state index in [2.05, 4.69) is 0 Å². The quantitative estimate of drug-likeness (QED) is 0.796. The third kappa shape index (κ3) is 2.77. The smallest absolute Gasteiger partial charge is 0.391 e. The molecule has 0 N–H and O–H groups in total. The topological polar surface area (TPSA) is 18.5 Å². The van der Waals surface area contributed by atoms with Crippen molar-refractivity contribution >= 4 is 13.7 Å². The highest BCUT2D eigenvalue weighted by Crippen LogP contribution is 2.44. The Labute approximate surface area is 118 Å². The van der Waals surface area contributed by atoms with Gasteiger partial charge in [0.2, 0.25) is 0 Å².